The lowest BCUT2D eigenvalue weighted by Crippen LogP contribution is -2.17. The minimum absolute atomic E-state index is 0.121. The largest absolute Gasteiger partial charge is 0.573 e. The monoisotopic (exact) mass is 327 g/mol. The topological polar surface area (TPSA) is 64.6 Å². The molecule has 0 amide bonds. The Kier molecular flexibility index (Phi) is 4.99. The van der Waals surface area contributed by atoms with Crippen molar-refractivity contribution in [2.24, 2.45) is 0 Å². The van der Waals surface area contributed by atoms with E-state index in [0.717, 1.165) is 0 Å². The Morgan fingerprint density at radius 1 is 1.13 bits per heavy atom. The maximum absolute atomic E-state index is 12.1. The van der Waals surface area contributed by atoms with Gasteiger partial charge < -0.3 is 14.4 Å². The lowest BCUT2D eigenvalue weighted by atomic mass is 10.3. The van der Waals surface area contributed by atoms with E-state index in [9.17, 15) is 18.0 Å². The van der Waals surface area contributed by atoms with Crippen LogP contribution in [0.5, 0.6) is 11.6 Å². The molecule has 1 aromatic carbocycles. The van der Waals surface area contributed by atoms with Crippen LogP contribution in [-0.2, 0) is 4.79 Å². The molecular formula is C14H12F3N3O3. The molecule has 6 nitrogen and oxygen atoms in total. The highest BCUT2D eigenvalue weighted by Gasteiger charge is 2.31. The molecule has 0 fully saturated rings. The minimum Gasteiger partial charge on any atom is -0.469 e. The maximum Gasteiger partial charge on any atom is 0.573 e. The molecule has 0 aliphatic carbocycles. The van der Waals surface area contributed by atoms with Crippen LogP contribution < -0.4 is 14.4 Å². The zero-order chi connectivity index (χ0) is 16.9. The summed E-state index contributed by atoms with van der Waals surface area (Å²) in [6, 6.07) is 8.46. The number of benzene rings is 1. The molecule has 0 bridgehead atoms. The van der Waals surface area contributed by atoms with Crippen molar-refractivity contribution in [1.29, 1.82) is 0 Å². The second-order valence-corrected chi connectivity index (χ2v) is 4.31. The van der Waals surface area contributed by atoms with Crippen molar-refractivity contribution in [1.82, 2.24) is 10.2 Å². The number of anilines is 2. The number of halogens is 3. The van der Waals surface area contributed by atoms with E-state index >= 15 is 0 Å². The number of carbonyl (C=O) groups excluding carboxylic acids is 1. The number of hydrogen-bond acceptors (Lipinski definition) is 6. The van der Waals surface area contributed by atoms with Crippen molar-refractivity contribution < 1.29 is 27.4 Å². The van der Waals surface area contributed by atoms with Crippen LogP contribution >= 0.6 is 0 Å². The van der Waals surface area contributed by atoms with Crippen molar-refractivity contribution in [2.45, 2.75) is 6.36 Å². The van der Waals surface area contributed by atoms with Crippen molar-refractivity contribution in [2.75, 3.05) is 18.6 Å². The van der Waals surface area contributed by atoms with E-state index in [4.69, 9.17) is 4.74 Å². The van der Waals surface area contributed by atoms with E-state index in [1.165, 1.54) is 30.3 Å². The Labute approximate surface area is 129 Å². The summed E-state index contributed by atoms with van der Waals surface area (Å²) in [7, 11) is 1.68. The first-order valence-electron chi connectivity index (χ1n) is 6.39. The van der Waals surface area contributed by atoms with Gasteiger partial charge in [-0.25, -0.2) is 0 Å². The number of nitrogens with zero attached hydrogens (tertiary/aromatic N) is 3. The van der Waals surface area contributed by atoms with Crippen LogP contribution in [0.3, 0.4) is 0 Å². The molecule has 2 rings (SSSR count). The summed E-state index contributed by atoms with van der Waals surface area (Å²) in [5.41, 5.74) is 0.593. The van der Waals surface area contributed by atoms with Crippen LogP contribution in [-0.4, -0.2) is 36.5 Å². The summed E-state index contributed by atoms with van der Waals surface area (Å²) in [4.78, 5) is 11.8. The van der Waals surface area contributed by atoms with Gasteiger partial charge in [-0.3, -0.25) is 4.79 Å². The molecule has 9 heteroatoms. The van der Waals surface area contributed by atoms with Crippen molar-refractivity contribution in [3.05, 3.63) is 36.4 Å². The first-order valence-corrected chi connectivity index (χ1v) is 6.39. The van der Waals surface area contributed by atoms with Gasteiger partial charge in [0.25, 0.3) is 0 Å². The first kappa shape index (κ1) is 16.5. The molecular weight excluding hydrogens is 315 g/mol. The normalized spacial score (nSPS) is 11.0. The predicted octanol–water partition coefficient (Wildman–Crippen LogP) is 2.72. The molecule has 1 aromatic heterocycles. The zero-order valence-corrected chi connectivity index (χ0v) is 11.9. The molecule has 0 spiro atoms. The van der Waals surface area contributed by atoms with Gasteiger partial charge in [-0.2, -0.15) is 0 Å². The minimum atomic E-state index is -4.73. The number of aromatic nitrogens is 2. The van der Waals surface area contributed by atoms with E-state index in [-0.39, 0.29) is 18.2 Å². The molecule has 1 heterocycles. The highest BCUT2D eigenvalue weighted by atomic mass is 19.4. The molecule has 0 saturated carbocycles. The lowest BCUT2D eigenvalue weighted by Gasteiger charge is -2.18. The van der Waals surface area contributed by atoms with Gasteiger partial charge in [0.1, 0.15) is 12.4 Å². The summed E-state index contributed by atoms with van der Waals surface area (Å²) in [5, 5.41) is 7.70. The lowest BCUT2D eigenvalue weighted by molar-refractivity contribution is -0.274. The van der Waals surface area contributed by atoms with Gasteiger partial charge in [-0.15, -0.1) is 23.4 Å². The third-order valence-corrected chi connectivity index (χ3v) is 2.73. The SMILES string of the molecule is CN(c1ccc(OC(F)(F)F)cc1)c1ccc(OCC=O)nn1. The van der Waals surface area contributed by atoms with Crippen LogP contribution in [0.1, 0.15) is 0 Å². The van der Waals surface area contributed by atoms with Crippen LogP contribution in [0, 0.1) is 0 Å². The highest BCUT2D eigenvalue weighted by molar-refractivity contribution is 5.59. The van der Waals surface area contributed by atoms with Crippen LogP contribution in [0.4, 0.5) is 24.7 Å². The quantitative estimate of drug-likeness (QED) is 0.760. The van der Waals surface area contributed by atoms with E-state index in [0.29, 0.717) is 17.8 Å². The Balaban J connectivity index is 2.07. The van der Waals surface area contributed by atoms with Gasteiger partial charge in [-0.05, 0) is 30.3 Å². The predicted molar refractivity (Wildman–Crippen MR) is 74.8 cm³/mol. The van der Waals surface area contributed by atoms with E-state index < -0.39 is 6.36 Å². The van der Waals surface area contributed by atoms with Crippen LogP contribution in [0.15, 0.2) is 36.4 Å². The molecule has 0 saturated heterocycles. The number of aldehydes is 1. The van der Waals surface area contributed by atoms with Gasteiger partial charge in [-0.1, -0.05) is 0 Å². The molecule has 0 atom stereocenters. The average Bonchev–Trinajstić information content (AvgIpc) is 2.52. The average molecular weight is 327 g/mol. The number of alkyl halides is 3. The Hall–Kier alpha value is -2.84. The van der Waals surface area contributed by atoms with E-state index in [1.54, 1.807) is 18.0 Å². The third-order valence-electron chi connectivity index (χ3n) is 2.73. The van der Waals surface area contributed by atoms with Crippen molar-refractivity contribution in [3.8, 4) is 11.6 Å². The second kappa shape index (κ2) is 6.95. The fourth-order valence-corrected chi connectivity index (χ4v) is 1.69. The molecule has 2 aromatic rings. The van der Waals surface area contributed by atoms with E-state index in [1.807, 2.05) is 0 Å². The van der Waals surface area contributed by atoms with Gasteiger partial charge in [0.2, 0.25) is 5.88 Å². The summed E-state index contributed by atoms with van der Waals surface area (Å²) in [6.07, 6.45) is -4.14. The van der Waals surface area contributed by atoms with Gasteiger partial charge >= 0.3 is 6.36 Å². The summed E-state index contributed by atoms with van der Waals surface area (Å²) in [6.45, 7) is -0.121. The van der Waals surface area contributed by atoms with Gasteiger partial charge in [0, 0.05) is 18.8 Å². The second-order valence-electron chi connectivity index (χ2n) is 4.31. The van der Waals surface area contributed by atoms with Crippen molar-refractivity contribution in [3.63, 3.8) is 0 Å². The van der Waals surface area contributed by atoms with Gasteiger partial charge in [0.15, 0.2) is 12.1 Å². The summed E-state index contributed by atoms with van der Waals surface area (Å²) >= 11 is 0. The summed E-state index contributed by atoms with van der Waals surface area (Å²) < 4.78 is 45.1. The molecule has 0 unspecified atom stereocenters. The summed E-state index contributed by atoms with van der Waals surface area (Å²) in [5.74, 6) is 0.342. The zero-order valence-electron chi connectivity index (χ0n) is 11.9. The third kappa shape index (κ3) is 4.83. The first-order chi connectivity index (χ1) is 10.9. The Bertz CT molecular complexity index is 645. The Morgan fingerprint density at radius 2 is 1.83 bits per heavy atom. The number of hydrogen-bond donors (Lipinski definition) is 0. The van der Waals surface area contributed by atoms with Crippen LogP contribution in [0.2, 0.25) is 0 Å². The molecule has 23 heavy (non-hydrogen) atoms. The smallest absolute Gasteiger partial charge is 0.469 e. The highest BCUT2D eigenvalue weighted by Crippen LogP contribution is 2.27. The molecule has 0 aliphatic heterocycles. The number of carbonyl (C=O) groups is 1. The fourth-order valence-electron chi connectivity index (χ4n) is 1.69. The van der Waals surface area contributed by atoms with E-state index in [2.05, 4.69) is 14.9 Å². The molecule has 0 aliphatic rings. The number of rotatable bonds is 6. The molecule has 122 valence electrons. The number of ether oxygens (including phenoxy) is 2. The Morgan fingerprint density at radius 3 is 2.35 bits per heavy atom. The molecule has 0 N–H and O–H groups in total. The standard InChI is InChI=1S/C14H12F3N3O3/c1-20(12-6-7-13(19-18-12)22-9-8-21)10-2-4-11(5-3-10)23-14(15,16)17/h2-8H,9H2,1H3. The van der Waals surface area contributed by atoms with Gasteiger partial charge in [0.05, 0.1) is 0 Å². The molecule has 0 radical (unpaired) electrons. The van der Waals surface area contributed by atoms with Crippen LogP contribution in [0.25, 0.3) is 0 Å². The fraction of sp³-hybridized carbons (Fsp3) is 0.214. The van der Waals surface area contributed by atoms with Crippen molar-refractivity contribution >= 4 is 17.8 Å². The maximum atomic E-state index is 12.1.